The van der Waals surface area contributed by atoms with E-state index in [1.165, 1.54) is 0 Å². The van der Waals surface area contributed by atoms with Crippen LogP contribution in [0.15, 0.2) is 40.1 Å². The van der Waals surface area contributed by atoms with E-state index >= 15 is 0 Å². The van der Waals surface area contributed by atoms with Crippen molar-refractivity contribution in [3.63, 3.8) is 0 Å². The van der Waals surface area contributed by atoms with Crippen LogP contribution in [-0.2, 0) is 16.1 Å². The molecule has 0 radical (unpaired) electrons. The molecule has 0 aliphatic carbocycles. The molecule has 28 heavy (non-hydrogen) atoms. The predicted molar refractivity (Wildman–Crippen MR) is 109 cm³/mol. The molecule has 0 aliphatic heterocycles. The molecule has 0 unspecified atom stereocenters. The maximum atomic E-state index is 12.6. The van der Waals surface area contributed by atoms with E-state index in [9.17, 15) is 4.79 Å². The summed E-state index contributed by atoms with van der Waals surface area (Å²) in [6, 6.07) is 9.86. The van der Waals surface area contributed by atoms with Gasteiger partial charge in [-0.05, 0) is 42.5 Å². The third-order valence-electron chi connectivity index (χ3n) is 4.20. The second kappa shape index (κ2) is 9.59. The molecule has 1 aromatic carbocycles. The van der Waals surface area contributed by atoms with E-state index in [2.05, 4.69) is 15.5 Å². The lowest BCUT2D eigenvalue weighted by molar-refractivity contribution is -0.117. The van der Waals surface area contributed by atoms with Crippen LogP contribution in [-0.4, -0.2) is 47.8 Å². The van der Waals surface area contributed by atoms with Gasteiger partial charge in [0.15, 0.2) is 0 Å². The Bertz CT molecular complexity index is 908. The van der Waals surface area contributed by atoms with E-state index in [0.29, 0.717) is 31.5 Å². The molecule has 2 heterocycles. The van der Waals surface area contributed by atoms with Gasteiger partial charge in [-0.1, -0.05) is 18.2 Å². The first-order valence-electron chi connectivity index (χ1n) is 9.00. The van der Waals surface area contributed by atoms with Crippen molar-refractivity contribution >= 4 is 22.9 Å². The summed E-state index contributed by atoms with van der Waals surface area (Å²) in [6.07, 6.45) is 0. The average Bonchev–Trinajstić information content (AvgIpc) is 3.34. The molecule has 148 valence electrons. The van der Waals surface area contributed by atoms with E-state index < -0.39 is 0 Å². The number of methoxy groups -OCH3 is 1. The molecule has 2 aromatic heterocycles. The Hall–Kier alpha value is -2.55. The van der Waals surface area contributed by atoms with Gasteiger partial charge in [-0.3, -0.25) is 9.69 Å². The van der Waals surface area contributed by atoms with Crippen LogP contribution in [0.4, 0.5) is 5.69 Å². The van der Waals surface area contributed by atoms with Gasteiger partial charge in [-0.2, -0.15) is 0 Å². The number of aryl methyl sites for hydroxylation is 2. The lowest BCUT2D eigenvalue weighted by Gasteiger charge is -2.20. The molecule has 0 spiro atoms. The van der Waals surface area contributed by atoms with E-state index in [1.807, 2.05) is 54.5 Å². The number of hydrogen-bond donors (Lipinski definition) is 1. The Morgan fingerprint density at radius 3 is 2.89 bits per heavy atom. The van der Waals surface area contributed by atoms with E-state index in [-0.39, 0.29) is 12.5 Å². The topological polar surface area (TPSA) is 80.5 Å². The second-order valence-electron chi connectivity index (χ2n) is 6.55. The number of hydrogen-bond acceptors (Lipinski definition) is 7. The van der Waals surface area contributed by atoms with E-state index in [1.54, 1.807) is 18.4 Å². The SMILES string of the molecule is COCCN(CC(=O)Nc1cc(C)ccc1C)Cc1nnc(-c2cccs2)o1. The van der Waals surface area contributed by atoms with Gasteiger partial charge in [-0.15, -0.1) is 21.5 Å². The smallest absolute Gasteiger partial charge is 0.257 e. The molecular formula is C20H24N4O3S. The molecule has 3 aromatic rings. The number of aromatic nitrogens is 2. The first-order chi connectivity index (χ1) is 13.5. The maximum absolute atomic E-state index is 12.6. The molecule has 7 nitrogen and oxygen atoms in total. The average molecular weight is 401 g/mol. The Morgan fingerprint density at radius 2 is 2.14 bits per heavy atom. The van der Waals surface area contributed by atoms with Crippen molar-refractivity contribution in [2.24, 2.45) is 0 Å². The number of benzene rings is 1. The molecule has 0 atom stereocenters. The zero-order valence-corrected chi connectivity index (χ0v) is 17.1. The summed E-state index contributed by atoms with van der Waals surface area (Å²) >= 11 is 1.54. The maximum Gasteiger partial charge on any atom is 0.257 e. The fraction of sp³-hybridized carbons (Fsp3) is 0.350. The van der Waals surface area contributed by atoms with Crippen LogP contribution in [0.5, 0.6) is 0 Å². The van der Waals surface area contributed by atoms with Gasteiger partial charge in [0.2, 0.25) is 11.8 Å². The fourth-order valence-electron chi connectivity index (χ4n) is 2.71. The predicted octanol–water partition coefficient (Wildman–Crippen LogP) is 3.50. The number of carbonyl (C=O) groups is 1. The Labute approximate surface area is 168 Å². The summed E-state index contributed by atoms with van der Waals surface area (Å²) in [5, 5.41) is 13.2. The number of nitrogens with zero attached hydrogens (tertiary/aromatic N) is 3. The molecule has 8 heteroatoms. The number of anilines is 1. The van der Waals surface area contributed by atoms with E-state index in [0.717, 1.165) is 21.7 Å². The molecule has 1 N–H and O–H groups in total. The number of thiophene rings is 1. The van der Waals surface area contributed by atoms with Gasteiger partial charge >= 0.3 is 0 Å². The summed E-state index contributed by atoms with van der Waals surface area (Å²) in [7, 11) is 1.63. The fourth-order valence-corrected chi connectivity index (χ4v) is 3.35. The third-order valence-corrected chi connectivity index (χ3v) is 5.06. The Balaban J connectivity index is 1.64. The number of amides is 1. The highest BCUT2D eigenvalue weighted by molar-refractivity contribution is 7.13. The minimum Gasteiger partial charge on any atom is -0.419 e. The minimum atomic E-state index is -0.0946. The number of rotatable bonds is 9. The van der Waals surface area contributed by atoms with Crippen molar-refractivity contribution in [1.29, 1.82) is 0 Å². The minimum absolute atomic E-state index is 0.0946. The molecule has 3 rings (SSSR count). The van der Waals surface area contributed by atoms with Crippen LogP contribution in [0, 0.1) is 13.8 Å². The summed E-state index contributed by atoms with van der Waals surface area (Å²) in [5.41, 5.74) is 2.96. The molecular weight excluding hydrogens is 376 g/mol. The van der Waals surface area contributed by atoms with Crippen molar-refractivity contribution < 1.29 is 13.9 Å². The van der Waals surface area contributed by atoms with Crippen molar-refractivity contribution in [3.8, 4) is 10.8 Å². The van der Waals surface area contributed by atoms with Gasteiger partial charge in [0.05, 0.1) is 24.6 Å². The van der Waals surface area contributed by atoms with Gasteiger partial charge in [0.25, 0.3) is 5.89 Å². The molecule has 1 amide bonds. The Morgan fingerprint density at radius 1 is 1.29 bits per heavy atom. The Kier molecular flexibility index (Phi) is 6.91. The van der Waals surface area contributed by atoms with Gasteiger partial charge < -0.3 is 14.5 Å². The zero-order valence-electron chi connectivity index (χ0n) is 16.3. The van der Waals surface area contributed by atoms with Crippen molar-refractivity contribution in [2.75, 3.05) is 32.1 Å². The standard InChI is InChI=1S/C20H24N4O3S/c1-14-6-7-15(2)16(11-14)21-18(25)12-24(8-9-26-3)13-19-22-23-20(27-19)17-5-4-10-28-17/h4-7,10-11H,8-9,12-13H2,1-3H3,(H,21,25). The summed E-state index contributed by atoms with van der Waals surface area (Å²) in [6.45, 7) is 5.63. The van der Waals surface area contributed by atoms with Crippen molar-refractivity contribution in [2.45, 2.75) is 20.4 Å². The first kappa shape index (κ1) is 20.2. The molecule has 0 saturated heterocycles. The van der Waals surface area contributed by atoms with Crippen LogP contribution in [0.3, 0.4) is 0 Å². The lowest BCUT2D eigenvalue weighted by atomic mass is 10.1. The summed E-state index contributed by atoms with van der Waals surface area (Å²) in [5.74, 6) is 0.873. The van der Waals surface area contributed by atoms with E-state index in [4.69, 9.17) is 9.15 Å². The molecule has 0 aliphatic rings. The van der Waals surface area contributed by atoms with Crippen LogP contribution < -0.4 is 5.32 Å². The van der Waals surface area contributed by atoms with Gasteiger partial charge in [-0.25, -0.2) is 0 Å². The number of carbonyl (C=O) groups excluding carboxylic acids is 1. The second-order valence-corrected chi connectivity index (χ2v) is 7.50. The van der Waals surface area contributed by atoms with Crippen molar-refractivity contribution in [1.82, 2.24) is 15.1 Å². The van der Waals surface area contributed by atoms with Crippen LogP contribution >= 0.6 is 11.3 Å². The molecule has 0 fully saturated rings. The summed E-state index contributed by atoms with van der Waals surface area (Å²) in [4.78, 5) is 15.4. The van der Waals surface area contributed by atoms with Crippen LogP contribution in [0.2, 0.25) is 0 Å². The number of ether oxygens (including phenoxy) is 1. The quantitative estimate of drug-likeness (QED) is 0.592. The monoisotopic (exact) mass is 400 g/mol. The lowest BCUT2D eigenvalue weighted by Crippen LogP contribution is -2.35. The zero-order chi connectivity index (χ0) is 19.9. The van der Waals surface area contributed by atoms with Crippen molar-refractivity contribution in [3.05, 3.63) is 52.7 Å². The van der Waals surface area contributed by atoms with Gasteiger partial charge in [0.1, 0.15) is 0 Å². The van der Waals surface area contributed by atoms with Gasteiger partial charge in [0, 0.05) is 19.3 Å². The highest BCUT2D eigenvalue weighted by Gasteiger charge is 2.17. The molecule has 0 bridgehead atoms. The normalized spacial score (nSPS) is 11.1. The van der Waals surface area contributed by atoms with Crippen LogP contribution in [0.1, 0.15) is 17.0 Å². The highest BCUT2D eigenvalue weighted by atomic mass is 32.1. The summed E-state index contributed by atoms with van der Waals surface area (Å²) < 4.78 is 10.9. The largest absolute Gasteiger partial charge is 0.419 e. The third kappa shape index (κ3) is 5.48. The molecule has 0 saturated carbocycles. The van der Waals surface area contributed by atoms with Crippen LogP contribution in [0.25, 0.3) is 10.8 Å². The number of nitrogens with one attached hydrogen (secondary N) is 1. The highest BCUT2D eigenvalue weighted by Crippen LogP contribution is 2.23. The first-order valence-corrected chi connectivity index (χ1v) is 9.88.